The Morgan fingerprint density at radius 2 is 1.87 bits per heavy atom. The van der Waals surface area contributed by atoms with Crippen molar-refractivity contribution in [1.82, 2.24) is 15.3 Å². The summed E-state index contributed by atoms with van der Waals surface area (Å²) in [6, 6.07) is 17.9. The Labute approximate surface area is 225 Å². The van der Waals surface area contributed by atoms with Crippen LogP contribution in [0, 0.1) is 11.8 Å². The van der Waals surface area contributed by atoms with Gasteiger partial charge in [0, 0.05) is 33.7 Å². The van der Waals surface area contributed by atoms with E-state index in [2.05, 4.69) is 22.5 Å². The molecule has 2 unspecified atom stereocenters. The summed E-state index contributed by atoms with van der Waals surface area (Å²) in [6.45, 7) is 0. The van der Waals surface area contributed by atoms with Crippen molar-refractivity contribution in [2.45, 2.75) is 25.3 Å². The van der Waals surface area contributed by atoms with E-state index in [0.717, 1.165) is 30.3 Å². The number of nitrogens with one attached hydrogen (secondary N) is 2. The van der Waals surface area contributed by atoms with Gasteiger partial charge in [-0.2, -0.15) is 0 Å². The van der Waals surface area contributed by atoms with Crippen molar-refractivity contribution in [3.05, 3.63) is 101 Å². The van der Waals surface area contributed by atoms with E-state index in [-0.39, 0.29) is 23.4 Å². The van der Waals surface area contributed by atoms with Crippen LogP contribution in [0.25, 0.3) is 33.5 Å². The first-order valence-corrected chi connectivity index (χ1v) is 13.1. The Morgan fingerprint density at radius 1 is 1.03 bits per heavy atom. The van der Waals surface area contributed by atoms with Gasteiger partial charge in [0.15, 0.2) is 0 Å². The molecule has 0 bridgehead atoms. The number of allylic oxidation sites excluding steroid dienone is 3. The molecule has 1 amide bonds. The molecule has 1 saturated carbocycles. The molecule has 1 fully saturated rings. The number of aromatic amines is 1. The summed E-state index contributed by atoms with van der Waals surface area (Å²) >= 11 is 6.66. The van der Waals surface area contributed by atoms with E-state index in [1.54, 1.807) is 18.2 Å². The molecule has 0 spiro atoms. The van der Waals surface area contributed by atoms with E-state index in [9.17, 15) is 14.7 Å². The lowest BCUT2D eigenvalue weighted by Gasteiger charge is -2.26. The van der Waals surface area contributed by atoms with Crippen LogP contribution < -0.4 is 5.32 Å². The molecule has 1 aromatic heterocycles. The van der Waals surface area contributed by atoms with Crippen molar-refractivity contribution >= 4 is 34.5 Å². The van der Waals surface area contributed by atoms with Crippen LogP contribution in [0.4, 0.5) is 0 Å². The minimum absolute atomic E-state index is 0.00609. The number of hydrogen-bond donors (Lipinski definition) is 3. The van der Waals surface area contributed by atoms with Gasteiger partial charge >= 0.3 is 5.97 Å². The van der Waals surface area contributed by atoms with Gasteiger partial charge in [0.2, 0.25) is 0 Å². The average molecular weight is 524 g/mol. The number of nitrogens with zero attached hydrogens (tertiary/aromatic N) is 1. The highest BCUT2D eigenvalue weighted by molar-refractivity contribution is 6.34. The van der Waals surface area contributed by atoms with Crippen LogP contribution in [0.3, 0.4) is 0 Å². The smallest absolute Gasteiger partial charge is 0.336 e. The SMILES string of the molecule is O=C(NC(C1C=CC=CC1)C1CC1)c1ccc(-c2c(Cl)cccc2-c2nc3ccccc3[nH]2)c(C(=O)O)c1. The summed E-state index contributed by atoms with van der Waals surface area (Å²) in [5, 5.41) is 13.8. The second kappa shape index (κ2) is 9.95. The van der Waals surface area contributed by atoms with Crippen LogP contribution in [-0.2, 0) is 0 Å². The summed E-state index contributed by atoms with van der Waals surface area (Å²) in [5.74, 6) is -0.125. The number of H-pyrrole nitrogens is 1. The molecular weight excluding hydrogens is 498 g/mol. The number of carbonyl (C=O) groups excluding carboxylic acids is 1. The third-order valence-electron chi connectivity index (χ3n) is 7.34. The maximum atomic E-state index is 13.3. The molecule has 3 aromatic carbocycles. The lowest BCUT2D eigenvalue weighted by Crippen LogP contribution is -2.41. The van der Waals surface area contributed by atoms with Crippen LogP contribution in [0.15, 0.2) is 85.0 Å². The van der Waals surface area contributed by atoms with Crippen molar-refractivity contribution < 1.29 is 14.7 Å². The molecule has 3 N–H and O–H groups in total. The average Bonchev–Trinajstić information content (AvgIpc) is 3.69. The monoisotopic (exact) mass is 523 g/mol. The number of halogens is 1. The lowest BCUT2D eigenvalue weighted by atomic mass is 9.89. The second-order valence-corrected chi connectivity index (χ2v) is 10.3. The zero-order valence-electron chi connectivity index (χ0n) is 20.5. The number of fused-ring (bicyclic) bond motifs is 1. The number of aromatic nitrogens is 2. The number of benzene rings is 3. The van der Waals surface area contributed by atoms with E-state index in [1.165, 1.54) is 6.07 Å². The highest BCUT2D eigenvalue weighted by Gasteiger charge is 2.36. The first-order chi connectivity index (χ1) is 18.5. The van der Waals surface area contributed by atoms with Gasteiger partial charge in [0.25, 0.3) is 5.91 Å². The molecule has 2 aliphatic rings. The molecule has 7 heteroatoms. The summed E-state index contributed by atoms with van der Waals surface area (Å²) < 4.78 is 0. The number of imidazole rings is 1. The first-order valence-electron chi connectivity index (χ1n) is 12.7. The van der Waals surface area contributed by atoms with Crippen molar-refractivity contribution in [1.29, 1.82) is 0 Å². The van der Waals surface area contributed by atoms with Crippen molar-refractivity contribution in [3.8, 4) is 22.5 Å². The Hall–Kier alpha value is -4.16. The minimum atomic E-state index is -1.13. The molecule has 0 saturated heterocycles. The van der Waals surface area contributed by atoms with E-state index < -0.39 is 5.97 Å². The topological polar surface area (TPSA) is 95.1 Å². The summed E-state index contributed by atoms with van der Waals surface area (Å²) in [5.41, 5.74) is 3.64. The molecule has 38 heavy (non-hydrogen) atoms. The fourth-order valence-electron chi connectivity index (χ4n) is 5.29. The van der Waals surface area contributed by atoms with Gasteiger partial charge in [0.05, 0.1) is 16.6 Å². The quantitative estimate of drug-likeness (QED) is 0.246. The van der Waals surface area contributed by atoms with Crippen molar-refractivity contribution in [2.75, 3.05) is 0 Å². The summed E-state index contributed by atoms with van der Waals surface area (Å²) in [4.78, 5) is 33.8. The van der Waals surface area contributed by atoms with E-state index in [0.29, 0.717) is 39.0 Å². The number of hydrogen-bond acceptors (Lipinski definition) is 3. The summed E-state index contributed by atoms with van der Waals surface area (Å²) in [7, 11) is 0. The predicted octanol–water partition coefficient (Wildman–Crippen LogP) is 6.89. The first kappa shape index (κ1) is 24.2. The molecule has 0 aliphatic heterocycles. The third kappa shape index (κ3) is 4.63. The van der Waals surface area contributed by atoms with Gasteiger partial charge in [0.1, 0.15) is 5.82 Å². The maximum absolute atomic E-state index is 13.3. The standard InChI is InChI=1S/C31H26ClN3O3/c32-24-10-6-9-22(29-33-25-11-4-5-12-26(25)34-29)27(24)21-16-15-20(17-23(21)31(37)38)30(36)35-28(19-13-14-19)18-7-2-1-3-8-18/h1-7,9-12,15-19,28H,8,13-14H2,(H,33,34)(H,35,36)(H,37,38). The number of carboxylic acids is 1. The predicted molar refractivity (Wildman–Crippen MR) is 149 cm³/mol. The van der Waals surface area contributed by atoms with E-state index in [1.807, 2.05) is 48.6 Å². The highest BCUT2D eigenvalue weighted by Crippen LogP contribution is 2.40. The van der Waals surface area contributed by atoms with E-state index in [4.69, 9.17) is 16.6 Å². The molecule has 2 aliphatic carbocycles. The van der Waals surface area contributed by atoms with Gasteiger partial charge in [-0.15, -0.1) is 0 Å². The Balaban J connectivity index is 1.37. The van der Waals surface area contributed by atoms with Gasteiger partial charge in [-0.3, -0.25) is 4.79 Å². The molecule has 6 nitrogen and oxygen atoms in total. The number of carbonyl (C=O) groups is 2. The Bertz CT molecular complexity index is 1580. The van der Waals surface area contributed by atoms with E-state index >= 15 is 0 Å². The second-order valence-electron chi connectivity index (χ2n) is 9.88. The van der Waals surface area contributed by atoms with Gasteiger partial charge in [-0.25, -0.2) is 9.78 Å². The number of rotatable bonds is 7. The van der Waals surface area contributed by atoms with Crippen LogP contribution in [0.1, 0.15) is 40.0 Å². The fourth-order valence-corrected chi connectivity index (χ4v) is 5.56. The van der Waals surface area contributed by atoms with Crippen LogP contribution in [0.5, 0.6) is 0 Å². The molecule has 6 rings (SSSR count). The highest BCUT2D eigenvalue weighted by atomic mass is 35.5. The Morgan fingerprint density at radius 3 is 2.61 bits per heavy atom. The lowest BCUT2D eigenvalue weighted by molar-refractivity contribution is 0.0697. The zero-order valence-corrected chi connectivity index (χ0v) is 21.3. The van der Waals surface area contributed by atoms with Crippen LogP contribution in [0.2, 0.25) is 5.02 Å². The molecule has 0 radical (unpaired) electrons. The number of carboxylic acid groups (broad SMARTS) is 1. The normalized spacial score (nSPS) is 17.4. The molecule has 4 aromatic rings. The van der Waals surface area contributed by atoms with Gasteiger partial charge in [-0.1, -0.05) is 66.2 Å². The number of amides is 1. The van der Waals surface area contributed by atoms with Crippen LogP contribution >= 0.6 is 11.6 Å². The van der Waals surface area contributed by atoms with Crippen LogP contribution in [-0.4, -0.2) is 33.0 Å². The van der Waals surface area contributed by atoms with Crippen molar-refractivity contribution in [3.63, 3.8) is 0 Å². The molecule has 190 valence electrons. The Kier molecular flexibility index (Phi) is 6.34. The number of para-hydroxylation sites is 2. The summed E-state index contributed by atoms with van der Waals surface area (Å²) in [6.07, 6.45) is 11.4. The third-order valence-corrected chi connectivity index (χ3v) is 7.66. The van der Waals surface area contributed by atoms with Gasteiger partial charge in [-0.05, 0) is 61.1 Å². The largest absolute Gasteiger partial charge is 0.478 e. The molecule has 1 heterocycles. The zero-order chi connectivity index (χ0) is 26.2. The minimum Gasteiger partial charge on any atom is -0.478 e. The van der Waals surface area contributed by atoms with Gasteiger partial charge < -0.3 is 15.4 Å². The number of aromatic carboxylic acids is 1. The molecular formula is C31H26ClN3O3. The van der Waals surface area contributed by atoms with Crippen molar-refractivity contribution in [2.24, 2.45) is 11.8 Å². The molecule has 2 atom stereocenters. The maximum Gasteiger partial charge on any atom is 0.336 e. The fraction of sp³-hybridized carbons (Fsp3) is 0.194.